The van der Waals surface area contributed by atoms with Crippen LogP contribution in [-0.4, -0.2) is 27.3 Å². The average molecular weight is 269 g/mol. The first kappa shape index (κ1) is 13.4. The van der Waals surface area contributed by atoms with Crippen LogP contribution in [-0.2, 0) is 9.84 Å². The van der Waals surface area contributed by atoms with Crippen molar-refractivity contribution in [1.29, 1.82) is 0 Å². The van der Waals surface area contributed by atoms with Crippen molar-refractivity contribution < 1.29 is 13.2 Å². The highest BCUT2D eigenvalue weighted by Gasteiger charge is 2.27. The monoisotopic (exact) mass is 269 g/mol. The highest BCUT2D eigenvalue weighted by Crippen LogP contribution is 2.29. The maximum absolute atomic E-state index is 11.3. The molecule has 1 aromatic carbocycles. The average Bonchev–Trinajstić information content (AvgIpc) is 2.76. The topological polar surface area (TPSA) is 69.4 Å². The highest BCUT2D eigenvalue weighted by molar-refractivity contribution is 7.90. The lowest BCUT2D eigenvalue weighted by molar-refractivity contribution is 0.162. The van der Waals surface area contributed by atoms with Gasteiger partial charge in [0.1, 0.15) is 11.9 Å². The number of hydrogen-bond acceptors (Lipinski definition) is 4. The summed E-state index contributed by atoms with van der Waals surface area (Å²) in [6, 6.07) is 6.58. The van der Waals surface area contributed by atoms with E-state index in [0.29, 0.717) is 23.1 Å². The van der Waals surface area contributed by atoms with Gasteiger partial charge in [0.25, 0.3) is 0 Å². The van der Waals surface area contributed by atoms with E-state index in [9.17, 15) is 8.42 Å². The molecule has 1 aliphatic carbocycles. The molecule has 0 heterocycles. The number of nitrogens with two attached hydrogens (primary N) is 1. The highest BCUT2D eigenvalue weighted by atomic mass is 32.2. The van der Waals surface area contributed by atoms with E-state index < -0.39 is 9.84 Å². The molecule has 0 radical (unpaired) electrons. The minimum atomic E-state index is -3.14. The Bertz CT molecular complexity index is 495. The van der Waals surface area contributed by atoms with Gasteiger partial charge in [-0.25, -0.2) is 8.42 Å². The molecule has 1 aromatic rings. The number of rotatable bonds is 4. The Labute approximate surface area is 108 Å². The molecule has 1 fully saturated rings. The van der Waals surface area contributed by atoms with Gasteiger partial charge in [0.2, 0.25) is 0 Å². The lowest BCUT2D eigenvalue weighted by Gasteiger charge is -2.19. The van der Waals surface area contributed by atoms with E-state index in [1.165, 1.54) is 6.26 Å². The molecule has 0 bridgehead atoms. The third-order valence-electron chi connectivity index (χ3n) is 3.43. The van der Waals surface area contributed by atoms with Crippen LogP contribution in [0.2, 0.25) is 0 Å². The molecule has 0 spiro atoms. The molecule has 4 nitrogen and oxygen atoms in total. The quantitative estimate of drug-likeness (QED) is 0.901. The predicted octanol–water partition coefficient (Wildman–Crippen LogP) is 1.60. The summed E-state index contributed by atoms with van der Waals surface area (Å²) in [7, 11) is -3.14. The smallest absolute Gasteiger partial charge is 0.175 e. The summed E-state index contributed by atoms with van der Waals surface area (Å²) >= 11 is 0. The van der Waals surface area contributed by atoms with Crippen LogP contribution in [0.1, 0.15) is 19.3 Å². The molecular formula is C13H19NO3S. The molecule has 2 atom stereocenters. The largest absolute Gasteiger partial charge is 0.490 e. The third kappa shape index (κ3) is 3.03. The third-order valence-corrected chi connectivity index (χ3v) is 4.56. The Morgan fingerprint density at radius 2 is 1.94 bits per heavy atom. The van der Waals surface area contributed by atoms with Crippen molar-refractivity contribution in [3.63, 3.8) is 0 Å². The van der Waals surface area contributed by atoms with Gasteiger partial charge in [-0.3, -0.25) is 0 Å². The SMILES string of the molecule is CS(=O)(=O)c1ccc(OC2CCCC2CN)cc1. The summed E-state index contributed by atoms with van der Waals surface area (Å²) in [5, 5.41) is 0. The summed E-state index contributed by atoms with van der Waals surface area (Å²) in [6.45, 7) is 0.645. The summed E-state index contributed by atoms with van der Waals surface area (Å²) in [6.07, 6.45) is 4.65. The second-order valence-corrected chi connectivity index (χ2v) is 6.84. The van der Waals surface area contributed by atoms with E-state index in [1.807, 2.05) is 0 Å². The van der Waals surface area contributed by atoms with Crippen LogP contribution in [0.15, 0.2) is 29.2 Å². The van der Waals surface area contributed by atoms with Crippen molar-refractivity contribution in [2.45, 2.75) is 30.3 Å². The summed E-state index contributed by atoms with van der Waals surface area (Å²) in [5.41, 5.74) is 5.70. The number of sulfone groups is 1. The van der Waals surface area contributed by atoms with Crippen molar-refractivity contribution in [1.82, 2.24) is 0 Å². The van der Waals surface area contributed by atoms with E-state index in [-0.39, 0.29) is 6.10 Å². The van der Waals surface area contributed by atoms with Gasteiger partial charge in [-0.05, 0) is 50.1 Å². The van der Waals surface area contributed by atoms with Crippen molar-refractivity contribution in [3.8, 4) is 5.75 Å². The molecule has 0 saturated heterocycles. The minimum Gasteiger partial charge on any atom is -0.490 e. The Morgan fingerprint density at radius 3 is 2.50 bits per heavy atom. The zero-order valence-electron chi connectivity index (χ0n) is 10.5. The molecule has 0 amide bonds. The Morgan fingerprint density at radius 1 is 1.28 bits per heavy atom. The second kappa shape index (κ2) is 5.28. The van der Waals surface area contributed by atoms with Crippen molar-refractivity contribution in [2.24, 2.45) is 11.7 Å². The Hall–Kier alpha value is -1.07. The fourth-order valence-electron chi connectivity index (χ4n) is 2.37. The van der Waals surface area contributed by atoms with Crippen molar-refractivity contribution in [3.05, 3.63) is 24.3 Å². The van der Waals surface area contributed by atoms with E-state index in [0.717, 1.165) is 19.3 Å². The van der Waals surface area contributed by atoms with Crippen LogP contribution < -0.4 is 10.5 Å². The molecule has 1 saturated carbocycles. The van der Waals surface area contributed by atoms with Crippen LogP contribution in [0.4, 0.5) is 0 Å². The van der Waals surface area contributed by atoms with Gasteiger partial charge in [0, 0.05) is 12.2 Å². The number of ether oxygens (including phenoxy) is 1. The van der Waals surface area contributed by atoms with Crippen LogP contribution in [0.3, 0.4) is 0 Å². The van der Waals surface area contributed by atoms with Crippen LogP contribution in [0, 0.1) is 5.92 Å². The summed E-state index contributed by atoms with van der Waals surface area (Å²) in [5.74, 6) is 1.13. The first-order chi connectivity index (χ1) is 8.50. The first-order valence-electron chi connectivity index (χ1n) is 6.17. The maximum Gasteiger partial charge on any atom is 0.175 e. The van der Waals surface area contributed by atoms with Crippen molar-refractivity contribution in [2.75, 3.05) is 12.8 Å². The molecule has 2 N–H and O–H groups in total. The van der Waals surface area contributed by atoms with E-state index in [1.54, 1.807) is 24.3 Å². The van der Waals surface area contributed by atoms with E-state index in [4.69, 9.17) is 10.5 Å². The van der Waals surface area contributed by atoms with Gasteiger partial charge < -0.3 is 10.5 Å². The summed E-state index contributed by atoms with van der Waals surface area (Å²) < 4.78 is 28.5. The minimum absolute atomic E-state index is 0.166. The van der Waals surface area contributed by atoms with Crippen LogP contribution >= 0.6 is 0 Å². The zero-order chi connectivity index (χ0) is 13.2. The Balaban J connectivity index is 2.07. The van der Waals surface area contributed by atoms with Gasteiger partial charge >= 0.3 is 0 Å². The normalized spacial score (nSPS) is 24.1. The zero-order valence-corrected chi connectivity index (χ0v) is 11.3. The molecule has 100 valence electrons. The van der Waals surface area contributed by atoms with Gasteiger partial charge in [-0.2, -0.15) is 0 Å². The fourth-order valence-corrected chi connectivity index (χ4v) is 3.00. The fraction of sp³-hybridized carbons (Fsp3) is 0.538. The van der Waals surface area contributed by atoms with Crippen molar-refractivity contribution >= 4 is 9.84 Å². The molecule has 18 heavy (non-hydrogen) atoms. The maximum atomic E-state index is 11.3. The number of hydrogen-bond donors (Lipinski definition) is 1. The lowest BCUT2D eigenvalue weighted by atomic mass is 10.1. The Kier molecular flexibility index (Phi) is 3.92. The molecule has 2 rings (SSSR count). The molecule has 5 heteroatoms. The molecule has 2 unspecified atom stereocenters. The van der Waals surface area contributed by atoms with Gasteiger partial charge in [0.05, 0.1) is 4.90 Å². The standard InChI is InChI=1S/C13H19NO3S/c1-18(15,16)12-7-5-11(6-8-12)17-13-4-2-3-10(13)9-14/h5-8,10,13H,2-4,9,14H2,1H3. The van der Waals surface area contributed by atoms with Gasteiger partial charge in [-0.1, -0.05) is 0 Å². The second-order valence-electron chi connectivity index (χ2n) is 4.83. The molecule has 1 aliphatic rings. The molecule has 0 aliphatic heterocycles. The van der Waals surface area contributed by atoms with E-state index >= 15 is 0 Å². The molecular weight excluding hydrogens is 250 g/mol. The van der Waals surface area contributed by atoms with E-state index in [2.05, 4.69) is 0 Å². The first-order valence-corrected chi connectivity index (χ1v) is 8.06. The van der Waals surface area contributed by atoms with Gasteiger partial charge in [0.15, 0.2) is 9.84 Å². The van der Waals surface area contributed by atoms with Gasteiger partial charge in [-0.15, -0.1) is 0 Å². The summed E-state index contributed by atoms with van der Waals surface area (Å²) in [4.78, 5) is 0.316. The molecule has 0 aromatic heterocycles. The van der Waals surface area contributed by atoms with Crippen LogP contribution in [0.25, 0.3) is 0 Å². The number of benzene rings is 1. The lowest BCUT2D eigenvalue weighted by Crippen LogP contribution is -2.27. The predicted molar refractivity (Wildman–Crippen MR) is 70.4 cm³/mol. The van der Waals surface area contributed by atoms with Crippen LogP contribution in [0.5, 0.6) is 5.75 Å².